The minimum absolute atomic E-state index is 0.276. The van der Waals surface area contributed by atoms with Gasteiger partial charge in [-0.15, -0.1) is 0 Å². The first-order valence-corrected chi connectivity index (χ1v) is 6.69. The lowest BCUT2D eigenvalue weighted by atomic mass is 10.2. The highest BCUT2D eigenvalue weighted by Gasteiger charge is 2.28. The maximum atomic E-state index is 11.0. The molecule has 1 aromatic heterocycles. The first-order chi connectivity index (χ1) is 9.09. The lowest BCUT2D eigenvalue weighted by Crippen LogP contribution is -2.39. The van der Waals surface area contributed by atoms with Gasteiger partial charge in [-0.25, -0.2) is 4.79 Å². The number of aromatic nitrogens is 1. The van der Waals surface area contributed by atoms with Gasteiger partial charge in [0, 0.05) is 31.4 Å². The van der Waals surface area contributed by atoms with E-state index in [1.807, 2.05) is 0 Å². The number of nitrogens with zero attached hydrogens (tertiary/aromatic N) is 2. The van der Waals surface area contributed by atoms with E-state index in [0.29, 0.717) is 18.3 Å². The molecule has 1 saturated carbocycles. The zero-order chi connectivity index (χ0) is 13.8. The number of nitrogens with one attached hydrogen (secondary N) is 1. The summed E-state index contributed by atoms with van der Waals surface area (Å²) >= 11 is 0. The molecule has 0 aromatic carbocycles. The first-order valence-electron chi connectivity index (χ1n) is 6.69. The zero-order valence-corrected chi connectivity index (χ0v) is 11.5. The Morgan fingerprint density at radius 2 is 2.37 bits per heavy atom. The van der Waals surface area contributed by atoms with Crippen molar-refractivity contribution in [1.29, 1.82) is 0 Å². The largest absolute Gasteiger partial charge is 0.478 e. The van der Waals surface area contributed by atoms with Gasteiger partial charge in [-0.1, -0.05) is 0 Å². The number of pyridine rings is 1. The molecule has 1 fully saturated rings. The SMILES string of the molecule is CC(CNCc1ncccc1C(=O)O)N(C)C1CC1. The van der Waals surface area contributed by atoms with Crippen molar-refractivity contribution < 1.29 is 9.90 Å². The number of carboxylic acids is 1. The van der Waals surface area contributed by atoms with E-state index < -0.39 is 5.97 Å². The summed E-state index contributed by atoms with van der Waals surface area (Å²) in [6.07, 6.45) is 4.22. The molecular formula is C14H21N3O2. The minimum atomic E-state index is -0.923. The molecule has 1 aliphatic rings. The third kappa shape index (κ3) is 3.75. The van der Waals surface area contributed by atoms with Gasteiger partial charge in [-0.05, 0) is 38.9 Å². The molecule has 0 spiro atoms. The molecule has 1 heterocycles. The number of rotatable bonds is 7. The van der Waals surface area contributed by atoms with Crippen LogP contribution in [0.5, 0.6) is 0 Å². The van der Waals surface area contributed by atoms with Crippen molar-refractivity contribution in [2.75, 3.05) is 13.6 Å². The van der Waals surface area contributed by atoms with Crippen LogP contribution in [0, 0.1) is 0 Å². The molecule has 0 saturated heterocycles. The Bertz CT molecular complexity index is 446. The van der Waals surface area contributed by atoms with Crippen LogP contribution in [0.4, 0.5) is 0 Å². The predicted octanol–water partition coefficient (Wildman–Crippen LogP) is 1.35. The Morgan fingerprint density at radius 3 is 3.00 bits per heavy atom. The summed E-state index contributed by atoms with van der Waals surface area (Å²) in [5, 5.41) is 12.4. The Balaban J connectivity index is 1.83. The Hall–Kier alpha value is -1.46. The fourth-order valence-corrected chi connectivity index (χ4v) is 2.16. The molecule has 1 aliphatic carbocycles. The topological polar surface area (TPSA) is 65.5 Å². The zero-order valence-electron chi connectivity index (χ0n) is 11.5. The van der Waals surface area contributed by atoms with Crippen LogP contribution in [0.25, 0.3) is 0 Å². The fourth-order valence-electron chi connectivity index (χ4n) is 2.16. The van der Waals surface area contributed by atoms with Gasteiger partial charge in [0.05, 0.1) is 11.3 Å². The molecule has 0 aliphatic heterocycles. The second-order valence-electron chi connectivity index (χ2n) is 5.18. The van der Waals surface area contributed by atoms with E-state index in [1.54, 1.807) is 18.3 Å². The summed E-state index contributed by atoms with van der Waals surface area (Å²) in [5.41, 5.74) is 0.870. The second kappa shape index (κ2) is 6.12. The molecule has 5 heteroatoms. The van der Waals surface area contributed by atoms with Gasteiger partial charge in [-0.3, -0.25) is 9.88 Å². The molecular weight excluding hydrogens is 242 g/mol. The molecule has 1 atom stereocenters. The molecule has 0 radical (unpaired) electrons. The van der Waals surface area contributed by atoms with Gasteiger partial charge in [0.1, 0.15) is 0 Å². The summed E-state index contributed by atoms with van der Waals surface area (Å²) in [5.74, 6) is -0.923. The average molecular weight is 263 g/mol. The molecule has 1 unspecified atom stereocenters. The molecule has 0 amide bonds. The summed E-state index contributed by atoms with van der Waals surface area (Å²) in [6.45, 7) is 3.51. The van der Waals surface area contributed by atoms with Crippen LogP contribution in [0.2, 0.25) is 0 Å². The van der Waals surface area contributed by atoms with Crippen LogP contribution >= 0.6 is 0 Å². The minimum Gasteiger partial charge on any atom is -0.478 e. The van der Waals surface area contributed by atoms with Crippen molar-refractivity contribution in [3.63, 3.8) is 0 Å². The Kier molecular flexibility index (Phi) is 4.50. The lowest BCUT2D eigenvalue weighted by molar-refractivity contribution is 0.0695. The van der Waals surface area contributed by atoms with Gasteiger partial charge in [0.25, 0.3) is 0 Å². The normalized spacial score (nSPS) is 16.6. The average Bonchev–Trinajstić information content (AvgIpc) is 3.22. The Morgan fingerprint density at radius 1 is 1.63 bits per heavy atom. The summed E-state index contributed by atoms with van der Waals surface area (Å²) < 4.78 is 0. The molecule has 104 valence electrons. The smallest absolute Gasteiger partial charge is 0.337 e. The van der Waals surface area contributed by atoms with Crippen molar-refractivity contribution in [3.05, 3.63) is 29.6 Å². The number of aromatic carboxylic acids is 1. The monoisotopic (exact) mass is 263 g/mol. The van der Waals surface area contributed by atoms with E-state index >= 15 is 0 Å². The van der Waals surface area contributed by atoms with E-state index in [-0.39, 0.29) is 5.56 Å². The fraction of sp³-hybridized carbons (Fsp3) is 0.571. The van der Waals surface area contributed by atoms with Gasteiger partial charge in [0.15, 0.2) is 0 Å². The molecule has 2 N–H and O–H groups in total. The molecule has 19 heavy (non-hydrogen) atoms. The van der Waals surface area contributed by atoms with Crippen molar-refractivity contribution in [1.82, 2.24) is 15.2 Å². The van der Waals surface area contributed by atoms with Crippen LogP contribution in [0.3, 0.4) is 0 Å². The molecule has 0 bridgehead atoms. The number of carboxylic acid groups (broad SMARTS) is 1. The highest BCUT2D eigenvalue weighted by atomic mass is 16.4. The standard InChI is InChI=1S/C14H21N3O2/c1-10(17(2)11-5-6-11)8-15-9-13-12(14(18)19)4-3-7-16-13/h3-4,7,10-11,15H,5-6,8-9H2,1-2H3,(H,18,19). The number of hydrogen-bond acceptors (Lipinski definition) is 4. The number of likely N-dealkylation sites (N-methyl/N-ethyl adjacent to an activating group) is 1. The summed E-state index contributed by atoms with van der Waals surface area (Å²) in [4.78, 5) is 17.6. The lowest BCUT2D eigenvalue weighted by Gasteiger charge is -2.24. The van der Waals surface area contributed by atoms with E-state index in [0.717, 1.165) is 12.6 Å². The van der Waals surface area contributed by atoms with E-state index in [1.165, 1.54) is 12.8 Å². The van der Waals surface area contributed by atoms with Crippen molar-refractivity contribution in [3.8, 4) is 0 Å². The van der Waals surface area contributed by atoms with Crippen molar-refractivity contribution in [2.45, 2.75) is 38.4 Å². The van der Waals surface area contributed by atoms with Crippen LogP contribution in [-0.2, 0) is 6.54 Å². The van der Waals surface area contributed by atoms with E-state index in [2.05, 4.69) is 29.2 Å². The van der Waals surface area contributed by atoms with E-state index in [4.69, 9.17) is 5.11 Å². The number of hydrogen-bond donors (Lipinski definition) is 2. The summed E-state index contributed by atoms with van der Waals surface area (Å²) in [7, 11) is 2.15. The third-order valence-electron chi connectivity index (χ3n) is 3.67. The highest BCUT2D eigenvalue weighted by Crippen LogP contribution is 2.26. The molecule has 2 rings (SSSR count). The van der Waals surface area contributed by atoms with Crippen LogP contribution < -0.4 is 5.32 Å². The van der Waals surface area contributed by atoms with Gasteiger partial charge in [-0.2, -0.15) is 0 Å². The van der Waals surface area contributed by atoms with E-state index in [9.17, 15) is 4.79 Å². The highest BCUT2D eigenvalue weighted by molar-refractivity contribution is 5.88. The van der Waals surface area contributed by atoms with Crippen LogP contribution in [-0.4, -0.2) is 46.6 Å². The predicted molar refractivity (Wildman–Crippen MR) is 73.2 cm³/mol. The maximum absolute atomic E-state index is 11.0. The second-order valence-corrected chi connectivity index (χ2v) is 5.18. The third-order valence-corrected chi connectivity index (χ3v) is 3.67. The van der Waals surface area contributed by atoms with Gasteiger partial charge in [0.2, 0.25) is 0 Å². The Labute approximate surface area is 113 Å². The first kappa shape index (κ1) is 14.0. The molecule has 5 nitrogen and oxygen atoms in total. The maximum Gasteiger partial charge on any atom is 0.337 e. The number of carbonyl (C=O) groups is 1. The van der Waals surface area contributed by atoms with Crippen LogP contribution in [0.1, 0.15) is 35.8 Å². The van der Waals surface area contributed by atoms with Gasteiger partial charge >= 0.3 is 5.97 Å². The van der Waals surface area contributed by atoms with Gasteiger partial charge < -0.3 is 10.4 Å². The van der Waals surface area contributed by atoms with Crippen molar-refractivity contribution >= 4 is 5.97 Å². The van der Waals surface area contributed by atoms with Crippen molar-refractivity contribution in [2.24, 2.45) is 0 Å². The summed E-state index contributed by atoms with van der Waals surface area (Å²) in [6, 6.07) is 4.42. The molecule has 1 aromatic rings. The quantitative estimate of drug-likeness (QED) is 0.777. The van der Waals surface area contributed by atoms with Crippen LogP contribution in [0.15, 0.2) is 18.3 Å².